The zero-order chi connectivity index (χ0) is 14.5. The van der Waals surface area contributed by atoms with Crippen molar-refractivity contribution in [2.75, 3.05) is 26.7 Å². The molecule has 20 heavy (non-hydrogen) atoms. The van der Waals surface area contributed by atoms with Gasteiger partial charge in [-0.3, -0.25) is 4.79 Å². The second-order valence-corrected chi connectivity index (χ2v) is 4.87. The van der Waals surface area contributed by atoms with Crippen LogP contribution in [0.25, 0.3) is 0 Å². The first-order valence-corrected chi connectivity index (χ1v) is 6.49. The van der Waals surface area contributed by atoms with Crippen molar-refractivity contribution in [1.29, 1.82) is 0 Å². The highest BCUT2D eigenvalue weighted by molar-refractivity contribution is 5.97. The predicted octanol–water partition coefficient (Wildman–Crippen LogP) is 0.603. The van der Waals surface area contributed by atoms with E-state index in [2.05, 4.69) is 22.1 Å². The van der Waals surface area contributed by atoms with Crippen LogP contribution in [0.15, 0.2) is 18.2 Å². The van der Waals surface area contributed by atoms with Gasteiger partial charge in [0.15, 0.2) is 0 Å². The minimum absolute atomic E-state index is 0.108. The van der Waals surface area contributed by atoms with Crippen LogP contribution in [0.5, 0.6) is 0 Å². The number of likely N-dealkylation sites (tertiary alicyclic amines) is 1. The molecule has 0 bridgehead atoms. The molecule has 0 spiro atoms. The van der Waals surface area contributed by atoms with Crippen molar-refractivity contribution in [3.8, 4) is 11.8 Å². The zero-order valence-electron chi connectivity index (χ0n) is 11.3. The van der Waals surface area contributed by atoms with Gasteiger partial charge in [0.2, 0.25) is 0 Å². The van der Waals surface area contributed by atoms with E-state index in [1.807, 2.05) is 7.05 Å². The van der Waals surface area contributed by atoms with E-state index in [4.69, 9.17) is 5.11 Å². The van der Waals surface area contributed by atoms with Gasteiger partial charge in [-0.05, 0) is 38.2 Å². The molecule has 2 N–H and O–H groups in total. The molecule has 1 aliphatic heterocycles. The van der Waals surface area contributed by atoms with Gasteiger partial charge in [0.1, 0.15) is 12.4 Å². The van der Waals surface area contributed by atoms with Crippen molar-refractivity contribution >= 4 is 5.91 Å². The molecular formula is C15H17FN2O2. The summed E-state index contributed by atoms with van der Waals surface area (Å²) < 4.78 is 13.2. The molecule has 1 aliphatic rings. The molecule has 1 unspecified atom stereocenters. The van der Waals surface area contributed by atoms with Crippen molar-refractivity contribution in [2.24, 2.45) is 0 Å². The van der Waals surface area contributed by atoms with E-state index in [0.717, 1.165) is 19.5 Å². The Hall–Kier alpha value is -1.90. The Morgan fingerprint density at radius 3 is 3.05 bits per heavy atom. The van der Waals surface area contributed by atoms with Gasteiger partial charge in [-0.1, -0.05) is 11.8 Å². The van der Waals surface area contributed by atoms with Gasteiger partial charge in [-0.2, -0.15) is 0 Å². The van der Waals surface area contributed by atoms with Crippen LogP contribution in [-0.4, -0.2) is 48.7 Å². The van der Waals surface area contributed by atoms with Gasteiger partial charge in [-0.15, -0.1) is 0 Å². The number of hydrogen-bond acceptors (Lipinski definition) is 3. The lowest BCUT2D eigenvalue weighted by atomic mass is 10.1. The van der Waals surface area contributed by atoms with Crippen molar-refractivity contribution in [3.05, 3.63) is 35.1 Å². The van der Waals surface area contributed by atoms with Crippen molar-refractivity contribution < 1.29 is 14.3 Å². The number of halogens is 1. The number of rotatable bonds is 2. The van der Waals surface area contributed by atoms with Crippen LogP contribution in [0.4, 0.5) is 4.39 Å². The maximum Gasteiger partial charge on any atom is 0.252 e. The zero-order valence-corrected chi connectivity index (χ0v) is 11.3. The number of hydrogen-bond donors (Lipinski definition) is 2. The summed E-state index contributed by atoms with van der Waals surface area (Å²) in [6.07, 6.45) is 0.904. The molecule has 1 atom stereocenters. The first kappa shape index (κ1) is 14.5. The third-order valence-corrected chi connectivity index (χ3v) is 3.25. The van der Waals surface area contributed by atoms with Crippen LogP contribution in [0.1, 0.15) is 22.3 Å². The minimum atomic E-state index is -0.454. The van der Waals surface area contributed by atoms with Crippen LogP contribution in [0, 0.1) is 17.7 Å². The van der Waals surface area contributed by atoms with E-state index in [0.29, 0.717) is 11.1 Å². The Labute approximate surface area is 117 Å². The molecule has 1 heterocycles. The average Bonchev–Trinajstić information content (AvgIpc) is 2.81. The van der Waals surface area contributed by atoms with Crippen LogP contribution in [-0.2, 0) is 0 Å². The molecule has 2 rings (SSSR count). The van der Waals surface area contributed by atoms with Gasteiger partial charge in [0.25, 0.3) is 5.91 Å². The summed E-state index contributed by atoms with van der Waals surface area (Å²) in [6, 6.07) is 3.97. The first-order valence-electron chi connectivity index (χ1n) is 6.49. The number of aliphatic hydroxyl groups excluding tert-OH is 1. The number of nitrogens with zero attached hydrogens (tertiary/aromatic N) is 1. The Kier molecular flexibility index (Phi) is 4.72. The highest BCUT2D eigenvalue weighted by Crippen LogP contribution is 2.12. The van der Waals surface area contributed by atoms with E-state index in [9.17, 15) is 9.18 Å². The van der Waals surface area contributed by atoms with E-state index in [1.54, 1.807) is 0 Å². The smallest absolute Gasteiger partial charge is 0.252 e. The van der Waals surface area contributed by atoms with Crippen molar-refractivity contribution in [1.82, 2.24) is 10.2 Å². The lowest BCUT2D eigenvalue weighted by Crippen LogP contribution is -2.36. The van der Waals surface area contributed by atoms with Crippen LogP contribution >= 0.6 is 0 Å². The number of carbonyl (C=O) groups excluding carboxylic acids is 1. The molecule has 0 radical (unpaired) electrons. The Balaban J connectivity index is 2.16. The third-order valence-electron chi connectivity index (χ3n) is 3.25. The van der Waals surface area contributed by atoms with Crippen molar-refractivity contribution in [2.45, 2.75) is 12.5 Å². The second-order valence-electron chi connectivity index (χ2n) is 4.87. The summed E-state index contributed by atoms with van der Waals surface area (Å²) in [5, 5.41) is 11.6. The molecule has 1 amide bonds. The fraction of sp³-hybridized carbons (Fsp3) is 0.400. The molecule has 0 aromatic heterocycles. The van der Waals surface area contributed by atoms with Gasteiger partial charge in [0, 0.05) is 18.2 Å². The summed E-state index contributed by atoms with van der Waals surface area (Å²) in [7, 11) is 2.00. The molecule has 0 aliphatic carbocycles. The first-order chi connectivity index (χ1) is 9.60. The Morgan fingerprint density at radius 2 is 2.40 bits per heavy atom. The normalized spacial score (nSPS) is 18.4. The number of aliphatic hydroxyl groups is 1. The maximum absolute atomic E-state index is 13.2. The number of carbonyl (C=O) groups is 1. The standard InChI is InChI=1S/C15H17FN2O2/c1-18-7-6-13(10-18)17-15(20)14-5-4-12(16)9-11(14)3-2-8-19/h4-5,9,13,19H,6-8,10H2,1H3,(H,17,20). The van der Waals surface area contributed by atoms with Gasteiger partial charge in [0.05, 0.1) is 5.56 Å². The SMILES string of the molecule is CN1CCC(NC(=O)c2ccc(F)cc2C#CCO)C1. The Bertz CT molecular complexity index is 563. The fourth-order valence-corrected chi connectivity index (χ4v) is 2.27. The van der Waals surface area contributed by atoms with E-state index >= 15 is 0 Å². The highest BCUT2D eigenvalue weighted by Gasteiger charge is 2.22. The number of benzene rings is 1. The van der Waals surface area contributed by atoms with Gasteiger partial charge >= 0.3 is 0 Å². The molecule has 5 heteroatoms. The topological polar surface area (TPSA) is 52.6 Å². The molecular weight excluding hydrogens is 259 g/mol. The molecule has 1 aromatic rings. The molecule has 0 saturated carbocycles. The van der Waals surface area contributed by atoms with Crippen LogP contribution in [0.2, 0.25) is 0 Å². The highest BCUT2D eigenvalue weighted by atomic mass is 19.1. The Morgan fingerprint density at radius 1 is 1.60 bits per heavy atom. The molecule has 1 fully saturated rings. The number of likely N-dealkylation sites (N-methyl/N-ethyl adjacent to an activating group) is 1. The third kappa shape index (κ3) is 3.56. The lowest BCUT2D eigenvalue weighted by molar-refractivity contribution is 0.0938. The van der Waals surface area contributed by atoms with Gasteiger partial charge in [-0.25, -0.2) is 4.39 Å². The van der Waals surface area contributed by atoms with Crippen LogP contribution < -0.4 is 5.32 Å². The van der Waals surface area contributed by atoms with E-state index in [-0.39, 0.29) is 18.6 Å². The summed E-state index contributed by atoms with van der Waals surface area (Å²) in [5.74, 6) is 4.33. The lowest BCUT2D eigenvalue weighted by Gasteiger charge is -2.13. The number of amides is 1. The molecule has 4 nitrogen and oxygen atoms in total. The van der Waals surface area contributed by atoms with Crippen molar-refractivity contribution in [3.63, 3.8) is 0 Å². The molecule has 1 aromatic carbocycles. The largest absolute Gasteiger partial charge is 0.384 e. The number of nitrogens with one attached hydrogen (secondary N) is 1. The average molecular weight is 276 g/mol. The molecule has 1 saturated heterocycles. The predicted molar refractivity (Wildman–Crippen MR) is 73.7 cm³/mol. The summed E-state index contributed by atoms with van der Waals surface area (Å²) >= 11 is 0. The van der Waals surface area contributed by atoms with E-state index in [1.165, 1.54) is 18.2 Å². The summed E-state index contributed by atoms with van der Waals surface area (Å²) in [5.41, 5.74) is 0.629. The maximum atomic E-state index is 13.2. The minimum Gasteiger partial charge on any atom is -0.384 e. The van der Waals surface area contributed by atoms with Crippen LogP contribution in [0.3, 0.4) is 0 Å². The second kappa shape index (κ2) is 6.51. The molecule has 106 valence electrons. The summed E-state index contributed by atoms with van der Waals surface area (Å²) in [6.45, 7) is 1.43. The van der Waals surface area contributed by atoms with E-state index < -0.39 is 5.82 Å². The monoisotopic (exact) mass is 276 g/mol. The fourth-order valence-electron chi connectivity index (χ4n) is 2.27. The summed E-state index contributed by atoms with van der Waals surface area (Å²) in [4.78, 5) is 14.4. The van der Waals surface area contributed by atoms with Gasteiger partial charge < -0.3 is 15.3 Å². The quantitative estimate of drug-likeness (QED) is 0.778.